The van der Waals surface area contributed by atoms with Gasteiger partial charge in [-0.2, -0.15) is 0 Å². The van der Waals surface area contributed by atoms with Crippen molar-refractivity contribution in [2.75, 3.05) is 0 Å². The summed E-state index contributed by atoms with van der Waals surface area (Å²) in [7, 11) is 0. The molecule has 2 aliphatic carbocycles. The van der Waals surface area contributed by atoms with Gasteiger partial charge in [-0.1, -0.05) is 39.3 Å². The first kappa shape index (κ1) is 15.1. The average molecular weight is 264 g/mol. The maximum Gasteiger partial charge on any atom is 0.0512 e. The summed E-state index contributed by atoms with van der Waals surface area (Å²) >= 11 is 0. The molecule has 0 saturated heterocycles. The van der Waals surface area contributed by atoms with Crippen molar-refractivity contribution >= 4 is 0 Å². The molecule has 2 rings (SSSR count). The zero-order valence-electron chi connectivity index (χ0n) is 13.3. The summed E-state index contributed by atoms with van der Waals surface area (Å²) in [5.41, 5.74) is 2.36. The Kier molecular flexibility index (Phi) is 4.16. The highest BCUT2D eigenvalue weighted by molar-refractivity contribution is 5.15. The zero-order valence-corrected chi connectivity index (χ0v) is 13.3. The number of hydrogen-bond donors (Lipinski definition) is 1. The average Bonchev–Trinajstić information content (AvgIpc) is 2.26. The van der Waals surface area contributed by atoms with Crippen LogP contribution in [0, 0.1) is 22.7 Å². The molecular weight excluding hydrogens is 232 g/mol. The number of aliphatic hydroxyl groups excluding tert-OH is 1. The largest absolute Gasteiger partial charge is 0.393 e. The molecule has 0 aromatic carbocycles. The third-order valence-electron chi connectivity index (χ3n) is 6.19. The van der Waals surface area contributed by atoms with Gasteiger partial charge in [-0.05, 0) is 68.1 Å². The van der Waals surface area contributed by atoms with E-state index in [1.165, 1.54) is 37.7 Å². The van der Waals surface area contributed by atoms with Crippen LogP contribution in [0.4, 0.5) is 0 Å². The van der Waals surface area contributed by atoms with Crippen LogP contribution in [0.1, 0.15) is 72.6 Å². The molecule has 4 atom stereocenters. The minimum atomic E-state index is -0.173. The minimum absolute atomic E-state index is 0.173. The molecule has 110 valence electrons. The van der Waals surface area contributed by atoms with Crippen LogP contribution >= 0.6 is 0 Å². The van der Waals surface area contributed by atoms with Crippen LogP contribution in [0.25, 0.3) is 0 Å². The van der Waals surface area contributed by atoms with Gasteiger partial charge in [0.15, 0.2) is 0 Å². The summed E-state index contributed by atoms with van der Waals surface area (Å²) in [6.07, 6.45) is 8.49. The molecule has 1 heteroatoms. The molecule has 2 saturated carbocycles. The van der Waals surface area contributed by atoms with Gasteiger partial charge in [-0.25, -0.2) is 0 Å². The first-order valence-electron chi connectivity index (χ1n) is 8.13. The van der Waals surface area contributed by atoms with E-state index in [1.54, 1.807) is 0 Å². The quantitative estimate of drug-likeness (QED) is 0.715. The van der Waals surface area contributed by atoms with Gasteiger partial charge in [0.25, 0.3) is 0 Å². The van der Waals surface area contributed by atoms with E-state index in [0.29, 0.717) is 16.7 Å². The number of rotatable bonds is 3. The van der Waals surface area contributed by atoms with Crippen molar-refractivity contribution in [3.63, 3.8) is 0 Å². The van der Waals surface area contributed by atoms with Crippen LogP contribution in [0.5, 0.6) is 0 Å². The maximum atomic E-state index is 9.62. The van der Waals surface area contributed by atoms with Crippen molar-refractivity contribution in [3.05, 3.63) is 12.2 Å². The van der Waals surface area contributed by atoms with Crippen LogP contribution in [-0.2, 0) is 0 Å². The lowest BCUT2D eigenvalue weighted by Gasteiger charge is -2.58. The van der Waals surface area contributed by atoms with Crippen molar-refractivity contribution in [3.8, 4) is 0 Å². The topological polar surface area (TPSA) is 20.2 Å². The van der Waals surface area contributed by atoms with Crippen molar-refractivity contribution in [1.29, 1.82) is 0 Å². The van der Waals surface area contributed by atoms with Gasteiger partial charge in [0, 0.05) is 0 Å². The predicted octanol–water partition coefficient (Wildman–Crippen LogP) is 4.95. The highest BCUT2D eigenvalue weighted by atomic mass is 16.3. The standard InChI is InChI=1S/C18H32O/c1-13-7-10-16-17(3,4)11-6-12-18(16,5)15(13)9-8-14(2)19/h14-16,19H,1,6-12H2,2-5H3/t14-,15-,16?,18+/m0/s1. The second kappa shape index (κ2) is 5.24. The van der Waals surface area contributed by atoms with Crippen molar-refractivity contribution < 1.29 is 5.11 Å². The van der Waals surface area contributed by atoms with Crippen LogP contribution < -0.4 is 0 Å². The summed E-state index contributed by atoms with van der Waals surface area (Å²) < 4.78 is 0. The fraction of sp³-hybridized carbons (Fsp3) is 0.889. The molecule has 0 aromatic rings. The Bertz CT molecular complexity index is 342. The lowest BCUT2D eigenvalue weighted by molar-refractivity contribution is -0.0563. The normalized spacial score (nSPS) is 39.7. The van der Waals surface area contributed by atoms with Gasteiger partial charge in [0.05, 0.1) is 6.10 Å². The Balaban J connectivity index is 2.22. The molecule has 19 heavy (non-hydrogen) atoms. The number of fused-ring (bicyclic) bond motifs is 1. The van der Waals surface area contributed by atoms with Gasteiger partial charge < -0.3 is 5.11 Å². The van der Waals surface area contributed by atoms with E-state index in [0.717, 1.165) is 18.8 Å². The van der Waals surface area contributed by atoms with E-state index < -0.39 is 0 Å². The second-order valence-corrected chi connectivity index (χ2v) is 8.08. The number of hydrogen-bond acceptors (Lipinski definition) is 1. The van der Waals surface area contributed by atoms with Gasteiger partial charge in [0.2, 0.25) is 0 Å². The second-order valence-electron chi connectivity index (χ2n) is 8.08. The SMILES string of the molecule is C=C1CCC2C(C)(C)CCC[C@]2(C)[C@H]1CC[C@H](C)O. The molecule has 2 aliphatic rings. The number of aliphatic hydroxyl groups is 1. The van der Waals surface area contributed by atoms with E-state index in [9.17, 15) is 5.11 Å². The third kappa shape index (κ3) is 2.77. The highest BCUT2D eigenvalue weighted by Crippen LogP contribution is 2.61. The van der Waals surface area contributed by atoms with Crippen molar-refractivity contribution in [2.24, 2.45) is 22.7 Å². The molecule has 1 nitrogen and oxygen atoms in total. The van der Waals surface area contributed by atoms with Gasteiger partial charge in [-0.15, -0.1) is 0 Å². The van der Waals surface area contributed by atoms with Crippen LogP contribution in [-0.4, -0.2) is 11.2 Å². The summed E-state index contributed by atoms with van der Waals surface area (Å²) in [6.45, 7) is 13.7. The first-order chi connectivity index (χ1) is 8.77. The monoisotopic (exact) mass is 264 g/mol. The summed E-state index contributed by atoms with van der Waals surface area (Å²) in [5.74, 6) is 1.46. The smallest absolute Gasteiger partial charge is 0.0512 e. The van der Waals surface area contributed by atoms with Crippen LogP contribution in [0.15, 0.2) is 12.2 Å². The lowest BCUT2D eigenvalue weighted by Crippen LogP contribution is -2.49. The summed E-state index contributed by atoms with van der Waals surface area (Å²) in [4.78, 5) is 0. The predicted molar refractivity (Wildman–Crippen MR) is 82.0 cm³/mol. The maximum absolute atomic E-state index is 9.62. The van der Waals surface area contributed by atoms with Gasteiger partial charge in [0.1, 0.15) is 0 Å². The lowest BCUT2D eigenvalue weighted by atomic mass is 9.47. The zero-order chi connectivity index (χ0) is 14.3. The first-order valence-corrected chi connectivity index (χ1v) is 8.13. The van der Waals surface area contributed by atoms with Crippen LogP contribution in [0.2, 0.25) is 0 Å². The summed E-state index contributed by atoms with van der Waals surface area (Å²) in [6, 6.07) is 0. The van der Waals surface area contributed by atoms with E-state index in [-0.39, 0.29) is 6.10 Å². The molecule has 0 bridgehead atoms. The van der Waals surface area contributed by atoms with Crippen molar-refractivity contribution in [2.45, 2.75) is 78.7 Å². The number of allylic oxidation sites excluding steroid dienone is 1. The molecule has 0 heterocycles. The third-order valence-corrected chi connectivity index (χ3v) is 6.19. The molecule has 0 spiro atoms. The van der Waals surface area contributed by atoms with Gasteiger partial charge in [-0.3, -0.25) is 0 Å². The Labute approximate surface area is 119 Å². The highest BCUT2D eigenvalue weighted by Gasteiger charge is 2.52. The molecule has 2 fully saturated rings. The molecule has 0 aliphatic heterocycles. The molecule has 0 aromatic heterocycles. The van der Waals surface area contributed by atoms with E-state index in [1.807, 2.05) is 6.92 Å². The van der Waals surface area contributed by atoms with E-state index in [2.05, 4.69) is 27.4 Å². The Hall–Kier alpha value is -0.300. The fourth-order valence-electron chi connectivity index (χ4n) is 5.22. The van der Waals surface area contributed by atoms with Crippen LogP contribution in [0.3, 0.4) is 0 Å². The van der Waals surface area contributed by atoms with Crippen molar-refractivity contribution in [1.82, 2.24) is 0 Å². The Morgan fingerprint density at radius 2 is 2.00 bits per heavy atom. The Morgan fingerprint density at radius 3 is 2.63 bits per heavy atom. The van der Waals surface area contributed by atoms with E-state index >= 15 is 0 Å². The Morgan fingerprint density at radius 1 is 1.32 bits per heavy atom. The molecule has 0 radical (unpaired) electrons. The molecule has 0 amide bonds. The molecular formula is C18H32O. The molecule has 1 N–H and O–H groups in total. The summed E-state index contributed by atoms with van der Waals surface area (Å²) in [5, 5.41) is 9.62. The minimum Gasteiger partial charge on any atom is -0.393 e. The van der Waals surface area contributed by atoms with Gasteiger partial charge >= 0.3 is 0 Å². The fourth-order valence-corrected chi connectivity index (χ4v) is 5.22. The molecule has 1 unspecified atom stereocenters. The van der Waals surface area contributed by atoms with E-state index in [4.69, 9.17) is 0 Å².